The van der Waals surface area contributed by atoms with Gasteiger partial charge >= 0.3 is 0 Å². The molecule has 1 nitrogen and oxygen atoms in total. The molecule has 0 aromatic heterocycles. The maximum atomic E-state index is 3.35. The molecule has 24 heavy (non-hydrogen) atoms. The highest BCUT2D eigenvalue weighted by Crippen LogP contribution is 2.22. The van der Waals surface area contributed by atoms with Crippen molar-refractivity contribution in [2.75, 3.05) is 19.6 Å². The van der Waals surface area contributed by atoms with E-state index in [0.717, 1.165) is 6.54 Å². The highest BCUT2D eigenvalue weighted by Gasteiger charge is 2.06. The fourth-order valence-electron chi connectivity index (χ4n) is 3.14. The van der Waals surface area contributed by atoms with E-state index in [9.17, 15) is 0 Å². The molecule has 122 valence electrons. The molecule has 1 saturated heterocycles. The van der Waals surface area contributed by atoms with Crippen LogP contribution in [0.25, 0.3) is 5.57 Å². The quantitative estimate of drug-likeness (QED) is 0.721. The van der Waals surface area contributed by atoms with Gasteiger partial charge in [-0.3, -0.25) is 4.90 Å². The lowest BCUT2D eigenvalue weighted by Crippen LogP contribution is -2.24. The minimum absolute atomic E-state index is 0.882. The van der Waals surface area contributed by atoms with Crippen LogP contribution >= 0.6 is 0 Å². The summed E-state index contributed by atoms with van der Waals surface area (Å²) in [7, 11) is 0. The molecule has 1 aliphatic heterocycles. The predicted molar refractivity (Wildman–Crippen MR) is 103 cm³/mol. The second-order valence-corrected chi connectivity index (χ2v) is 6.30. The standard InChI is InChI=1S/C23H25N/c1-2-11-19-24(18-10-1)20-12-9-17-23(21-13-5-3-6-14-21)22-15-7-4-8-16-22/h3-8,13-17H,1-2,10-11,18-20H2. The van der Waals surface area contributed by atoms with Crippen LogP contribution in [0.4, 0.5) is 0 Å². The zero-order valence-electron chi connectivity index (χ0n) is 14.2. The summed E-state index contributed by atoms with van der Waals surface area (Å²) in [5.41, 5.74) is 3.63. The Morgan fingerprint density at radius 1 is 0.792 bits per heavy atom. The van der Waals surface area contributed by atoms with Gasteiger partial charge in [-0.25, -0.2) is 0 Å². The number of benzene rings is 2. The first-order valence-corrected chi connectivity index (χ1v) is 8.95. The summed E-state index contributed by atoms with van der Waals surface area (Å²) >= 11 is 0. The van der Waals surface area contributed by atoms with Gasteiger partial charge < -0.3 is 0 Å². The van der Waals surface area contributed by atoms with E-state index >= 15 is 0 Å². The Morgan fingerprint density at radius 2 is 1.33 bits per heavy atom. The summed E-state index contributed by atoms with van der Waals surface area (Å²) in [6.07, 6.45) is 7.45. The smallest absolute Gasteiger partial charge is 0.0605 e. The van der Waals surface area contributed by atoms with Crippen molar-refractivity contribution in [3.63, 3.8) is 0 Å². The number of nitrogens with zero attached hydrogens (tertiary/aromatic N) is 1. The molecule has 1 heterocycles. The van der Waals surface area contributed by atoms with E-state index in [0.29, 0.717) is 0 Å². The van der Waals surface area contributed by atoms with Crippen LogP contribution < -0.4 is 0 Å². The molecule has 0 N–H and O–H groups in total. The van der Waals surface area contributed by atoms with E-state index in [1.54, 1.807) is 0 Å². The van der Waals surface area contributed by atoms with Gasteiger partial charge in [-0.2, -0.15) is 0 Å². The van der Waals surface area contributed by atoms with Gasteiger partial charge in [0.05, 0.1) is 6.54 Å². The Bertz CT molecular complexity index is 654. The fraction of sp³-hybridized carbons (Fsp3) is 0.304. The SMILES string of the molecule is C(#CCN1CCCCCC1)C=C(c1ccccc1)c1ccccc1. The number of hydrogen-bond donors (Lipinski definition) is 0. The molecule has 1 heteroatoms. The lowest BCUT2D eigenvalue weighted by Gasteiger charge is -2.15. The predicted octanol–water partition coefficient (Wildman–Crippen LogP) is 5.00. The molecular weight excluding hydrogens is 290 g/mol. The maximum Gasteiger partial charge on any atom is 0.0605 e. The van der Waals surface area contributed by atoms with Crippen LogP contribution in [0.15, 0.2) is 66.7 Å². The summed E-state index contributed by atoms with van der Waals surface area (Å²) in [6, 6.07) is 21.0. The zero-order chi connectivity index (χ0) is 16.5. The van der Waals surface area contributed by atoms with E-state index in [1.165, 1.54) is 55.5 Å². The average molecular weight is 315 g/mol. The van der Waals surface area contributed by atoms with Crippen LogP contribution in [0.1, 0.15) is 36.8 Å². The molecule has 0 atom stereocenters. The van der Waals surface area contributed by atoms with E-state index in [2.05, 4.69) is 83.5 Å². The molecule has 0 aliphatic carbocycles. The van der Waals surface area contributed by atoms with Crippen molar-refractivity contribution in [3.8, 4) is 11.8 Å². The van der Waals surface area contributed by atoms with Gasteiger partial charge in [0, 0.05) is 0 Å². The molecule has 2 aromatic rings. The van der Waals surface area contributed by atoms with E-state index in [4.69, 9.17) is 0 Å². The molecule has 3 rings (SSSR count). The van der Waals surface area contributed by atoms with Crippen molar-refractivity contribution in [3.05, 3.63) is 77.9 Å². The monoisotopic (exact) mass is 315 g/mol. The van der Waals surface area contributed by atoms with Gasteiger partial charge in [-0.05, 0) is 48.7 Å². The zero-order valence-corrected chi connectivity index (χ0v) is 14.2. The molecular formula is C23H25N. The summed E-state index contributed by atoms with van der Waals surface area (Å²) in [4.78, 5) is 2.48. The highest BCUT2D eigenvalue weighted by atomic mass is 15.1. The Balaban J connectivity index is 1.76. The van der Waals surface area contributed by atoms with Gasteiger partial charge in [0.1, 0.15) is 0 Å². The van der Waals surface area contributed by atoms with E-state index < -0.39 is 0 Å². The lowest BCUT2D eigenvalue weighted by molar-refractivity contribution is 0.320. The second-order valence-electron chi connectivity index (χ2n) is 6.30. The van der Waals surface area contributed by atoms with Crippen molar-refractivity contribution >= 4 is 5.57 Å². The summed E-state index contributed by atoms with van der Waals surface area (Å²) < 4.78 is 0. The fourth-order valence-corrected chi connectivity index (χ4v) is 3.14. The van der Waals surface area contributed by atoms with Crippen LogP contribution in [0.2, 0.25) is 0 Å². The van der Waals surface area contributed by atoms with E-state index in [1.807, 2.05) is 0 Å². The van der Waals surface area contributed by atoms with Crippen LogP contribution in [-0.2, 0) is 0 Å². The van der Waals surface area contributed by atoms with Crippen LogP contribution in [-0.4, -0.2) is 24.5 Å². The van der Waals surface area contributed by atoms with Crippen molar-refractivity contribution in [2.45, 2.75) is 25.7 Å². The van der Waals surface area contributed by atoms with Crippen molar-refractivity contribution in [2.24, 2.45) is 0 Å². The van der Waals surface area contributed by atoms with Crippen LogP contribution in [0.3, 0.4) is 0 Å². The number of rotatable bonds is 3. The summed E-state index contributed by atoms with van der Waals surface area (Å²) in [6.45, 7) is 3.28. The third-order valence-electron chi connectivity index (χ3n) is 4.49. The molecule has 0 amide bonds. The summed E-state index contributed by atoms with van der Waals surface area (Å²) in [5.74, 6) is 6.65. The topological polar surface area (TPSA) is 3.24 Å². The van der Waals surface area contributed by atoms with Crippen LogP contribution in [0.5, 0.6) is 0 Å². The first kappa shape index (κ1) is 16.6. The van der Waals surface area contributed by atoms with Crippen molar-refractivity contribution < 1.29 is 0 Å². The Labute approximate surface area is 146 Å². The number of likely N-dealkylation sites (tertiary alicyclic amines) is 1. The molecule has 0 spiro atoms. The Morgan fingerprint density at radius 3 is 1.88 bits per heavy atom. The third-order valence-corrected chi connectivity index (χ3v) is 4.49. The maximum absolute atomic E-state index is 3.35. The summed E-state index contributed by atoms with van der Waals surface area (Å²) in [5, 5.41) is 0. The largest absolute Gasteiger partial charge is 0.292 e. The first-order valence-electron chi connectivity index (χ1n) is 8.95. The number of allylic oxidation sites excluding steroid dienone is 1. The molecule has 1 aliphatic rings. The van der Waals surface area contributed by atoms with Crippen LogP contribution in [0, 0.1) is 11.8 Å². The van der Waals surface area contributed by atoms with Crippen molar-refractivity contribution in [1.29, 1.82) is 0 Å². The van der Waals surface area contributed by atoms with Gasteiger partial charge in [-0.15, -0.1) is 0 Å². The molecule has 1 fully saturated rings. The first-order chi connectivity index (χ1) is 11.9. The number of hydrogen-bond acceptors (Lipinski definition) is 1. The van der Waals surface area contributed by atoms with Crippen molar-refractivity contribution in [1.82, 2.24) is 4.90 Å². The molecule has 0 radical (unpaired) electrons. The molecule has 0 bridgehead atoms. The minimum Gasteiger partial charge on any atom is -0.292 e. The second kappa shape index (κ2) is 9.11. The van der Waals surface area contributed by atoms with E-state index in [-0.39, 0.29) is 0 Å². The lowest BCUT2D eigenvalue weighted by atomic mass is 9.98. The molecule has 0 saturated carbocycles. The van der Waals surface area contributed by atoms with Gasteiger partial charge in [0.15, 0.2) is 0 Å². The Kier molecular flexibility index (Phi) is 6.28. The highest BCUT2D eigenvalue weighted by molar-refractivity contribution is 5.81. The normalized spacial score (nSPS) is 15.0. The third kappa shape index (κ3) is 4.85. The van der Waals surface area contributed by atoms with Gasteiger partial charge in [0.25, 0.3) is 0 Å². The van der Waals surface area contributed by atoms with Gasteiger partial charge in [-0.1, -0.05) is 85.3 Å². The average Bonchev–Trinajstić information content (AvgIpc) is 2.92. The molecule has 2 aromatic carbocycles. The van der Waals surface area contributed by atoms with Gasteiger partial charge in [0.2, 0.25) is 0 Å². The minimum atomic E-state index is 0.882. The Hall–Kier alpha value is -2.30. The molecule has 0 unspecified atom stereocenters.